The topological polar surface area (TPSA) is 147 Å². The molecule has 2 fully saturated rings. The number of likely N-dealkylation sites (tertiary alicyclic amines) is 1. The van der Waals surface area contributed by atoms with Gasteiger partial charge in [-0.05, 0) is 42.5 Å². The van der Waals surface area contributed by atoms with Gasteiger partial charge in [-0.25, -0.2) is 14.8 Å². The highest BCUT2D eigenvalue weighted by atomic mass is 16.5. The van der Waals surface area contributed by atoms with E-state index in [1.807, 2.05) is 6.07 Å². The zero-order chi connectivity index (χ0) is 28.2. The molecule has 12 heteroatoms. The predicted molar refractivity (Wildman–Crippen MR) is 143 cm³/mol. The van der Waals surface area contributed by atoms with Crippen LogP contribution in [0, 0.1) is 17.2 Å². The van der Waals surface area contributed by atoms with Gasteiger partial charge in [-0.15, -0.1) is 0 Å². The molecule has 0 aromatic carbocycles. The van der Waals surface area contributed by atoms with Crippen molar-refractivity contribution in [3.8, 4) is 6.07 Å². The van der Waals surface area contributed by atoms with E-state index in [1.54, 1.807) is 18.1 Å². The summed E-state index contributed by atoms with van der Waals surface area (Å²) in [5.41, 5.74) is 2.85. The molecule has 1 unspecified atom stereocenters. The Balaban J connectivity index is 1.34. The minimum atomic E-state index is -0.464. The van der Waals surface area contributed by atoms with E-state index in [4.69, 9.17) is 14.2 Å². The Morgan fingerprint density at radius 3 is 2.83 bits per heavy atom. The van der Waals surface area contributed by atoms with Crippen LogP contribution in [0.3, 0.4) is 0 Å². The largest absolute Gasteiger partial charge is 0.379 e. The van der Waals surface area contributed by atoms with Crippen LogP contribution < -0.4 is 10.2 Å². The molecule has 0 aliphatic carbocycles. The van der Waals surface area contributed by atoms with Crippen molar-refractivity contribution < 1.29 is 28.6 Å². The fraction of sp³-hybridized carbons (Fsp3) is 0.500. The van der Waals surface area contributed by atoms with Gasteiger partial charge in [0.1, 0.15) is 29.5 Å². The molecule has 5 rings (SSSR count). The van der Waals surface area contributed by atoms with Gasteiger partial charge in [0.2, 0.25) is 0 Å². The molecule has 40 heavy (non-hydrogen) atoms. The third-order valence-electron chi connectivity index (χ3n) is 7.80. The van der Waals surface area contributed by atoms with Crippen molar-refractivity contribution in [1.82, 2.24) is 14.9 Å². The fourth-order valence-corrected chi connectivity index (χ4v) is 5.60. The number of nitrogens with zero attached hydrogens (tertiary/aromatic N) is 5. The van der Waals surface area contributed by atoms with Gasteiger partial charge >= 0.3 is 6.03 Å². The summed E-state index contributed by atoms with van der Waals surface area (Å²) < 4.78 is 16.3. The van der Waals surface area contributed by atoms with Gasteiger partial charge in [0, 0.05) is 58.0 Å². The Bertz CT molecular complexity index is 1340. The number of anilines is 2. The number of hydrogen-bond acceptors (Lipinski definition) is 9. The first-order valence-electron chi connectivity index (χ1n) is 13.3. The zero-order valence-electron chi connectivity index (χ0n) is 22.6. The van der Waals surface area contributed by atoms with E-state index >= 15 is 0 Å². The van der Waals surface area contributed by atoms with Crippen molar-refractivity contribution in [3.63, 3.8) is 0 Å². The number of aldehydes is 1. The van der Waals surface area contributed by atoms with Crippen molar-refractivity contribution >= 4 is 29.9 Å². The van der Waals surface area contributed by atoms with E-state index in [2.05, 4.69) is 21.4 Å². The maximum Gasteiger partial charge on any atom is 0.328 e. The van der Waals surface area contributed by atoms with Crippen LogP contribution in [0.15, 0.2) is 18.3 Å². The van der Waals surface area contributed by atoms with Gasteiger partial charge in [-0.2, -0.15) is 5.26 Å². The molecule has 3 amide bonds. The van der Waals surface area contributed by atoms with Crippen molar-refractivity contribution in [2.45, 2.75) is 44.4 Å². The van der Waals surface area contributed by atoms with Gasteiger partial charge in [-0.1, -0.05) is 0 Å². The van der Waals surface area contributed by atoms with Crippen molar-refractivity contribution in [1.29, 1.82) is 5.26 Å². The maximum absolute atomic E-state index is 13.4. The predicted octanol–water partition coefficient (Wildman–Crippen LogP) is 2.10. The van der Waals surface area contributed by atoms with Crippen LogP contribution in [-0.2, 0) is 38.4 Å². The van der Waals surface area contributed by atoms with E-state index < -0.39 is 12.1 Å². The standard InChI is InChI=1S/C28H32N6O6/c1-38-23-5-7-33(27(23)36)13-19-8-17-4-3-6-34(26(17)31-22(19)14-35)28(37)32-25-10-18(21(11-29)12-30-25)9-20-15-40-16-24(20)39-2/h8,10,12,14,20,23-24H,3-7,9,13,15-16H2,1-2H3,(H,30,32,37)/t20-,23?,24-/m1/s1. The highest BCUT2D eigenvalue weighted by molar-refractivity contribution is 6.01. The quantitative estimate of drug-likeness (QED) is 0.490. The molecule has 2 aromatic rings. The lowest BCUT2D eigenvalue weighted by atomic mass is 9.94. The number of rotatable bonds is 8. The minimum Gasteiger partial charge on any atom is -0.379 e. The number of methoxy groups -OCH3 is 2. The number of aromatic nitrogens is 2. The first-order valence-corrected chi connectivity index (χ1v) is 13.3. The molecule has 2 aromatic heterocycles. The average molecular weight is 549 g/mol. The van der Waals surface area contributed by atoms with Gasteiger partial charge in [-0.3, -0.25) is 19.8 Å². The van der Waals surface area contributed by atoms with Crippen molar-refractivity contribution in [2.75, 3.05) is 50.7 Å². The molecule has 210 valence electrons. The molecule has 0 bridgehead atoms. The summed E-state index contributed by atoms with van der Waals surface area (Å²) in [4.78, 5) is 49.9. The third-order valence-corrected chi connectivity index (χ3v) is 7.80. The Hall–Kier alpha value is -3.92. The number of nitrogens with one attached hydrogen (secondary N) is 1. The van der Waals surface area contributed by atoms with Crippen molar-refractivity contribution in [2.24, 2.45) is 5.92 Å². The van der Waals surface area contributed by atoms with Crippen LogP contribution in [0.2, 0.25) is 0 Å². The molecule has 3 atom stereocenters. The second kappa shape index (κ2) is 12.1. The molecule has 12 nitrogen and oxygen atoms in total. The SMILES string of the molecule is COC1CCN(Cc2cc3c(nc2C=O)N(C(=O)Nc2cc(C[C@@H]4COC[C@H]4OC)c(C#N)cn2)CCC3)C1=O. The second-order valence-corrected chi connectivity index (χ2v) is 10.2. The summed E-state index contributed by atoms with van der Waals surface area (Å²) in [6, 6.07) is 5.31. The number of hydrogen-bond donors (Lipinski definition) is 1. The maximum atomic E-state index is 13.4. The molecular formula is C28H32N6O6. The highest BCUT2D eigenvalue weighted by Crippen LogP contribution is 2.30. The molecule has 3 aliphatic heterocycles. The number of aryl methyl sites for hydroxylation is 1. The summed E-state index contributed by atoms with van der Waals surface area (Å²) in [6.45, 7) is 2.25. The molecule has 0 saturated carbocycles. The van der Waals surface area contributed by atoms with E-state index in [9.17, 15) is 19.6 Å². The number of carbonyl (C=O) groups is 3. The number of amides is 3. The monoisotopic (exact) mass is 548 g/mol. The Labute approximate surface area is 232 Å². The smallest absolute Gasteiger partial charge is 0.328 e. The number of nitriles is 1. The summed E-state index contributed by atoms with van der Waals surface area (Å²) in [5.74, 6) is 0.711. The average Bonchev–Trinajstić information content (AvgIpc) is 3.57. The molecule has 0 radical (unpaired) electrons. The van der Waals surface area contributed by atoms with Gasteiger partial charge in [0.15, 0.2) is 6.29 Å². The number of fused-ring (bicyclic) bond motifs is 1. The molecule has 0 spiro atoms. The van der Waals surface area contributed by atoms with Crippen LogP contribution in [0.4, 0.5) is 16.4 Å². The Kier molecular flexibility index (Phi) is 8.35. The highest BCUT2D eigenvalue weighted by Gasteiger charge is 2.33. The van der Waals surface area contributed by atoms with Crippen LogP contribution in [0.5, 0.6) is 0 Å². The van der Waals surface area contributed by atoms with Crippen molar-refractivity contribution in [3.05, 3.63) is 46.3 Å². The lowest BCUT2D eigenvalue weighted by molar-refractivity contribution is -0.136. The van der Waals surface area contributed by atoms with E-state index in [0.717, 1.165) is 11.1 Å². The van der Waals surface area contributed by atoms with E-state index in [1.165, 1.54) is 18.2 Å². The number of urea groups is 1. The first kappa shape index (κ1) is 27.6. The summed E-state index contributed by atoms with van der Waals surface area (Å²) in [7, 11) is 3.15. The summed E-state index contributed by atoms with van der Waals surface area (Å²) in [5, 5.41) is 12.4. The van der Waals surface area contributed by atoms with E-state index in [0.29, 0.717) is 81.0 Å². The van der Waals surface area contributed by atoms with E-state index in [-0.39, 0.29) is 30.2 Å². The van der Waals surface area contributed by atoms with Crippen LogP contribution in [0.25, 0.3) is 0 Å². The number of pyridine rings is 2. The first-order chi connectivity index (χ1) is 19.4. The molecule has 1 N–H and O–H groups in total. The lowest BCUT2D eigenvalue weighted by Gasteiger charge is -2.29. The third kappa shape index (κ3) is 5.54. The molecule has 3 aliphatic rings. The molecular weight excluding hydrogens is 516 g/mol. The minimum absolute atomic E-state index is 0.0597. The van der Waals surface area contributed by atoms with Gasteiger partial charge in [0.05, 0.1) is 24.9 Å². The Morgan fingerprint density at radius 2 is 2.10 bits per heavy atom. The molecule has 5 heterocycles. The second-order valence-electron chi connectivity index (χ2n) is 10.2. The van der Waals surface area contributed by atoms with Gasteiger partial charge < -0.3 is 19.1 Å². The number of carbonyl (C=O) groups excluding carboxylic acids is 3. The van der Waals surface area contributed by atoms with Gasteiger partial charge in [0.25, 0.3) is 5.91 Å². The van der Waals surface area contributed by atoms with Crippen LogP contribution >= 0.6 is 0 Å². The Morgan fingerprint density at radius 1 is 1.25 bits per heavy atom. The lowest BCUT2D eigenvalue weighted by Crippen LogP contribution is -2.40. The molecule has 2 saturated heterocycles. The van der Waals surface area contributed by atoms with Crippen LogP contribution in [-0.4, -0.2) is 85.8 Å². The fourth-order valence-electron chi connectivity index (χ4n) is 5.60. The normalized spacial score (nSPS) is 22.2. The summed E-state index contributed by atoms with van der Waals surface area (Å²) >= 11 is 0. The summed E-state index contributed by atoms with van der Waals surface area (Å²) in [6.07, 6.45) is 4.14. The zero-order valence-corrected chi connectivity index (χ0v) is 22.6. The number of ether oxygens (including phenoxy) is 3. The van der Waals surface area contributed by atoms with Crippen LogP contribution in [0.1, 0.15) is 45.6 Å².